The van der Waals surface area contributed by atoms with Gasteiger partial charge in [0.1, 0.15) is 5.75 Å². The van der Waals surface area contributed by atoms with Crippen molar-refractivity contribution in [3.63, 3.8) is 0 Å². The first-order valence-electron chi connectivity index (χ1n) is 8.87. The lowest BCUT2D eigenvalue weighted by atomic mass is 10.0. The molecule has 0 amide bonds. The highest BCUT2D eigenvalue weighted by molar-refractivity contribution is 5.64. The van der Waals surface area contributed by atoms with Crippen LogP contribution in [0.15, 0.2) is 48.5 Å². The van der Waals surface area contributed by atoms with Crippen molar-refractivity contribution in [3.8, 4) is 16.9 Å². The molecule has 0 N–H and O–H groups in total. The van der Waals surface area contributed by atoms with Gasteiger partial charge >= 0.3 is 6.18 Å². The number of hydrogen-bond acceptors (Lipinski definition) is 1. The Bertz CT molecular complexity index is 615. The first-order chi connectivity index (χ1) is 12.0. The molecular weight excluding hydrogens is 325 g/mol. The van der Waals surface area contributed by atoms with E-state index in [0.29, 0.717) is 5.75 Å². The molecule has 0 aliphatic heterocycles. The summed E-state index contributed by atoms with van der Waals surface area (Å²) in [5.41, 5.74) is 3.55. The van der Waals surface area contributed by atoms with Crippen LogP contribution >= 0.6 is 0 Å². The third-order valence-corrected chi connectivity index (χ3v) is 4.08. The van der Waals surface area contributed by atoms with Crippen molar-refractivity contribution < 1.29 is 17.9 Å². The molecule has 2 rings (SSSR count). The molecule has 0 saturated carbocycles. The second kappa shape index (κ2) is 9.50. The fourth-order valence-corrected chi connectivity index (χ4v) is 2.65. The Morgan fingerprint density at radius 2 is 1.40 bits per heavy atom. The Kier molecular flexibility index (Phi) is 7.35. The molecule has 0 spiro atoms. The van der Waals surface area contributed by atoms with E-state index in [9.17, 15) is 13.2 Å². The van der Waals surface area contributed by atoms with Gasteiger partial charge in [0.15, 0.2) is 0 Å². The Morgan fingerprint density at radius 3 is 1.96 bits per heavy atom. The highest BCUT2D eigenvalue weighted by Crippen LogP contribution is 2.24. The van der Waals surface area contributed by atoms with Gasteiger partial charge in [0.25, 0.3) is 0 Å². The number of halogens is 3. The average molecular weight is 350 g/mol. The normalized spacial score (nSPS) is 11.5. The second-order valence-corrected chi connectivity index (χ2v) is 6.25. The van der Waals surface area contributed by atoms with Crippen LogP contribution in [0.5, 0.6) is 5.75 Å². The summed E-state index contributed by atoms with van der Waals surface area (Å²) in [7, 11) is 0. The van der Waals surface area contributed by atoms with Crippen LogP contribution in [-0.4, -0.2) is 12.8 Å². The highest BCUT2D eigenvalue weighted by atomic mass is 19.4. The number of rotatable bonds is 9. The zero-order valence-corrected chi connectivity index (χ0v) is 14.6. The van der Waals surface area contributed by atoms with Gasteiger partial charge in [-0.05, 0) is 48.1 Å². The second-order valence-electron chi connectivity index (χ2n) is 6.25. The molecular formula is C21H25F3O. The molecule has 0 saturated heterocycles. The van der Waals surface area contributed by atoms with E-state index in [4.69, 9.17) is 4.74 Å². The van der Waals surface area contributed by atoms with E-state index in [-0.39, 0.29) is 13.0 Å². The van der Waals surface area contributed by atoms with Crippen LogP contribution in [-0.2, 0) is 6.42 Å². The van der Waals surface area contributed by atoms with Gasteiger partial charge in [0, 0.05) is 6.42 Å². The van der Waals surface area contributed by atoms with E-state index in [2.05, 4.69) is 31.2 Å². The highest BCUT2D eigenvalue weighted by Gasteiger charge is 2.26. The lowest BCUT2D eigenvalue weighted by Gasteiger charge is -2.09. The van der Waals surface area contributed by atoms with Crippen LogP contribution in [0, 0.1) is 0 Å². The molecule has 0 aliphatic rings. The SMILES string of the molecule is CCCCCc1ccc(-c2ccc(OCCCC(F)(F)F)cc2)cc1. The fourth-order valence-electron chi connectivity index (χ4n) is 2.65. The van der Waals surface area contributed by atoms with Crippen molar-refractivity contribution in [1.82, 2.24) is 0 Å². The van der Waals surface area contributed by atoms with Crippen molar-refractivity contribution in [2.75, 3.05) is 6.61 Å². The van der Waals surface area contributed by atoms with Gasteiger partial charge in [-0.25, -0.2) is 0 Å². The maximum atomic E-state index is 12.1. The van der Waals surface area contributed by atoms with E-state index < -0.39 is 12.6 Å². The standard InChI is InChI=1S/C21H25F3O/c1-2-3-4-6-17-7-9-18(10-8-17)19-11-13-20(14-12-19)25-16-5-15-21(22,23)24/h7-14H,2-6,15-16H2,1H3. The maximum absolute atomic E-state index is 12.1. The Balaban J connectivity index is 1.84. The number of aryl methyl sites for hydroxylation is 1. The molecule has 0 bridgehead atoms. The van der Waals surface area contributed by atoms with Crippen LogP contribution < -0.4 is 4.74 Å². The first kappa shape index (κ1) is 19.4. The molecule has 0 radical (unpaired) electrons. The van der Waals surface area contributed by atoms with Crippen molar-refractivity contribution in [1.29, 1.82) is 0 Å². The van der Waals surface area contributed by atoms with Crippen LogP contribution in [0.4, 0.5) is 13.2 Å². The van der Waals surface area contributed by atoms with Gasteiger partial charge in [0.2, 0.25) is 0 Å². The van der Waals surface area contributed by atoms with Crippen molar-refractivity contribution >= 4 is 0 Å². The van der Waals surface area contributed by atoms with Crippen molar-refractivity contribution in [3.05, 3.63) is 54.1 Å². The average Bonchev–Trinajstić information content (AvgIpc) is 2.59. The molecule has 0 atom stereocenters. The zero-order chi connectivity index (χ0) is 18.1. The number of benzene rings is 2. The summed E-state index contributed by atoms with van der Waals surface area (Å²) in [6.45, 7) is 2.28. The number of unbranched alkanes of at least 4 members (excludes halogenated alkanes) is 2. The van der Waals surface area contributed by atoms with Crippen molar-refractivity contribution in [2.45, 2.75) is 51.6 Å². The van der Waals surface area contributed by atoms with E-state index in [1.165, 1.54) is 24.8 Å². The van der Waals surface area contributed by atoms with Crippen LogP contribution in [0.25, 0.3) is 11.1 Å². The smallest absolute Gasteiger partial charge is 0.389 e. The van der Waals surface area contributed by atoms with Gasteiger partial charge in [-0.15, -0.1) is 0 Å². The quantitative estimate of drug-likeness (QED) is 0.451. The topological polar surface area (TPSA) is 9.23 Å². The van der Waals surface area contributed by atoms with E-state index in [1.54, 1.807) is 12.1 Å². The minimum Gasteiger partial charge on any atom is -0.494 e. The van der Waals surface area contributed by atoms with E-state index >= 15 is 0 Å². The molecule has 2 aromatic carbocycles. The number of hydrogen-bond donors (Lipinski definition) is 0. The van der Waals surface area contributed by atoms with Crippen LogP contribution in [0.2, 0.25) is 0 Å². The summed E-state index contributed by atoms with van der Waals surface area (Å²) in [5.74, 6) is 0.599. The predicted molar refractivity (Wildman–Crippen MR) is 95.9 cm³/mol. The Hall–Kier alpha value is -1.97. The lowest BCUT2D eigenvalue weighted by molar-refractivity contribution is -0.136. The molecule has 0 aromatic heterocycles. The van der Waals surface area contributed by atoms with Crippen LogP contribution in [0.3, 0.4) is 0 Å². The monoisotopic (exact) mass is 350 g/mol. The minimum absolute atomic E-state index is 0.0231. The largest absolute Gasteiger partial charge is 0.494 e. The van der Waals surface area contributed by atoms with E-state index in [0.717, 1.165) is 17.5 Å². The minimum atomic E-state index is -4.12. The molecule has 136 valence electrons. The van der Waals surface area contributed by atoms with Gasteiger partial charge in [0.05, 0.1) is 6.61 Å². The van der Waals surface area contributed by atoms with Gasteiger partial charge < -0.3 is 4.74 Å². The molecule has 0 unspecified atom stereocenters. The number of alkyl halides is 3. The van der Waals surface area contributed by atoms with Crippen molar-refractivity contribution in [2.24, 2.45) is 0 Å². The lowest BCUT2D eigenvalue weighted by Crippen LogP contribution is -2.09. The third-order valence-electron chi connectivity index (χ3n) is 4.08. The Morgan fingerprint density at radius 1 is 0.800 bits per heavy atom. The molecule has 0 aliphatic carbocycles. The summed E-state index contributed by atoms with van der Waals surface area (Å²) < 4.78 is 41.6. The maximum Gasteiger partial charge on any atom is 0.389 e. The molecule has 0 heterocycles. The zero-order valence-electron chi connectivity index (χ0n) is 14.6. The summed E-state index contributed by atoms with van der Waals surface area (Å²) >= 11 is 0. The third kappa shape index (κ3) is 7.20. The summed E-state index contributed by atoms with van der Waals surface area (Å²) in [5, 5.41) is 0. The van der Waals surface area contributed by atoms with Gasteiger partial charge in [-0.2, -0.15) is 13.2 Å². The van der Waals surface area contributed by atoms with Gasteiger partial charge in [-0.1, -0.05) is 56.2 Å². The molecule has 25 heavy (non-hydrogen) atoms. The molecule has 0 fully saturated rings. The molecule has 1 nitrogen and oxygen atoms in total. The van der Waals surface area contributed by atoms with Crippen LogP contribution in [0.1, 0.15) is 44.6 Å². The molecule has 4 heteroatoms. The first-order valence-corrected chi connectivity index (χ1v) is 8.87. The predicted octanol–water partition coefficient (Wildman–Crippen LogP) is 6.81. The fraction of sp³-hybridized carbons (Fsp3) is 0.429. The summed E-state index contributed by atoms with van der Waals surface area (Å²) in [6, 6.07) is 16.0. The van der Waals surface area contributed by atoms with Gasteiger partial charge in [-0.3, -0.25) is 0 Å². The van der Waals surface area contributed by atoms with E-state index in [1.807, 2.05) is 12.1 Å². The number of ether oxygens (including phenoxy) is 1. The Labute approximate surface area is 147 Å². The molecule has 2 aromatic rings. The summed E-state index contributed by atoms with van der Waals surface area (Å²) in [4.78, 5) is 0. The summed E-state index contributed by atoms with van der Waals surface area (Å²) in [6.07, 6.45) is -0.139.